The third-order valence-electron chi connectivity index (χ3n) is 5.26. The highest BCUT2D eigenvalue weighted by molar-refractivity contribution is 5.70. The van der Waals surface area contributed by atoms with Crippen molar-refractivity contribution in [3.63, 3.8) is 0 Å². The van der Waals surface area contributed by atoms with Crippen molar-refractivity contribution in [2.24, 2.45) is 23.7 Å². The molecule has 0 spiro atoms. The van der Waals surface area contributed by atoms with Crippen molar-refractivity contribution in [3.05, 3.63) is 18.2 Å². The van der Waals surface area contributed by atoms with Crippen LogP contribution in [0.4, 0.5) is 0 Å². The standard InChI is InChI=1S/C14H18N2O/c17-7-13-6-16(8-15-13)14-11-2-9-1-10(4-11)5-12(14)3-9/h6-12,14H,1-5H2. The lowest BCUT2D eigenvalue weighted by atomic mass is 9.54. The van der Waals surface area contributed by atoms with Gasteiger partial charge < -0.3 is 4.57 Å². The van der Waals surface area contributed by atoms with Gasteiger partial charge in [-0.2, -0.15) is 0 Å². The third-order valence-corrected chi connectivity index (χ3v) is 5.26. The summed E-state index contributed by atoms with van der Waals surface area (Å²) in [4.78, 5) is 14.9. The highest BCUT2D eigenvalue weighted by atomic mass is 16.1. The molecule has 4 saturated carbocycles. The Hall–Kier alpha value is -1.12. The van der Waals surface area contributed by atoms with Gasteiger partial charge in [0, 0.05) is 12.2 Å². The summed E-state index contributed by atoms with van der Waals surface area (Å²) in [5.74, 6) is 3.70. The van der Waals surface area contributed by atoms with Gasteiger partial charge in [-0.25, -0.2) is 4.98 Å². The van der Waals surface area contributed by atoms with Crippen LogP contribution in [0.15, 0.2) is 12.5 Å². The molecule has 5 rings (SSSR count). The number of carbonyl (C=O) groups is 1. The van der Waals surface area contributed by atoms with E-state index >= 15 is 0 Å². The van der Waals surface area contributed by atoms with Gasteiger partial charge >= 0.3 is 0 Å². The minimum atomic E-state index is 0.582. The zero-order valence-corrected chi connectivity index (χ0v) is 9.96. The molecule has 0 atom stereocenters. The van der Waals surface area contributed by atoms with E-state index in [0.717, 1.165) is 30.0 Å². The van der Waals surface area contributed by atoms with Gasteiger partial charge in [0.2, 0.25) is 0 Å². The maximum absolute atomic E-state index is 10.7. The van der Waals surface area contributed by atoms with Crippen molar-refractivity contribution < 1.29 is 4.79 Å². The topological polar surface area (TPSA) is 34.9 Å². The molecule has 0 aromatic carbocycles. The number of hydrogen-bond acceptors (Lipinski definition) is 2. The quantitative estimate of drug-likeness (QED) is 0.732. The van der Waals surface area contributed by atoms with Crippen molar-refractivity contribution >= 4 is 6.29 Å². The molecule has 4 aliphatic carbocycles. The average molecular weight is 230 g/mol. The van der Waals surface area contributed by atoms with Crippen molar-refractivity contribution in [2.45, 2.75) is 38.1 Å². The molecule has 4 aliphatic rings. The van der Waals surface area contributed by atoms with Crippen LogP contribution in [-0.2, 0) is 0 Å². The second kappa shape index (κ2) is 3.44. The molecular weight excluding hydrogens is 212 g/mol. The fraction of sp³-hybridized carbons (Fsp3) is 0.714. The lowest BCUT2D eigenvalue weighted by Gasteiger charge is -2.54. The Morgan fingerprint density at radius 3 is 2.29 bits per heavy atom. The fourth-order valence-corrected chi connectivity index (χ4v) is 4.96. The molecule has 1 aromatic rings. The van der Waals surface area contributed by atoms with Crippen LogP contribution in [-0.4, -0.2) is 15.8 Å². The van der Waals surface area contributed by atoms with Crippen LogP contribution in [0, 0.1) is 23.7 Å². The number of nitrogens with zero attached hydrogens (tertiary/aromatic N) is 2. The molecule has 3 nitrogen and oxygen atoms in total. The first kappa shape index (κ1) is 9.86. The first-order valence-electron chi connectivity index (χ1n) is 6.82. The Kier molecular flexibility index (Phi) is 1.99. The maximum Gasteiger partial charge on any atom is 0.169 e. The largest absolute Gasteiger partial charge is 0.333 e. The third kappa shape index (κ3) is 1.41. The van der Waals surface area contributed by atoms with E-state index in [1.165, 1.54) is 32.1 Å². The summed E-state index contributed by atoms with van der Waals surface area (Å²) in [5, 5.41) is 0. The number of hydrogen-bond donors (Lipinski definition) is 0. The Balaban J connectivity index is 1.67. The molecule has 1 heterocycles. The smallest absolute Gasteiger partial charge is 0.169 e. The lowest BCUT2D eigenvalue weighted by molar-refractivity contribution is -0.0291. The molecule has 4 bridgehead atoms. The molecule has 17 heavy (non-hydrogen) atoms. The number of rotatable bonds is 2. The SMILES string of the molecule is O=Cc1cn(C2C3CC4CC(C3)CC2C4)cn1. The molecule has 0 saturated heterocycles. The van der Waals surface area contributed by atoms with Crippen LogP contribution in [0.5, 0.6) is 0 Å². The molecule has 0 N–H and O–H groups in total. The maximum atomic E-state index is 10.7. The van der Waals surface area contributed by atoms with E-state index in [9.17, 15) is 4.79 Å². The van der Waals surface area contributed by atoms with Gasteiger partial charge in [0.25, 0.3) is 0 Å². The summed E-state index contributed by atoms with van der Waals surface area (Å²) in [5.41, 5.74) is 0.582. The summed E-state index contributed by atoms with van der Waals surface area (Å²) < 4.78 is 2.23. The zero-order valence-electron chi connectivity index (χ0n) is 9.96. The van der Waals surface area contributed by atoms with Crippen LogP contribution in [0.2, 0.25) is 0 Å². The fourth-order valence-electron chi connectivity index (χ4n) is 4.96. The number of imidazole rings is 1. The second-order valence-corrected chi connectivity index (χ2v) is 6.28. The van der Waals surface area contributed by atoms with Crippen molar-refractivity contribution in [3.8, 4) is 0 Å². The van der Waals surface area contributed by atoms with Crippen LogP contribution in [0.3, 0.4) is 0 Å². The molecule has 90 valence electrons. The summed E-state index contributed by atoms with van der Waals surface area (Å²) in [6.07, 6.45) is 11.8. The van der Waals surface area contributed by atoms with Gasteiger partial charge in [0.15, 0.2) is 6.29 Å². The molecule has 4 fully saturated rings. The predicted molar refractivity (Wildman–Crippen MR) is 63.7 cm³/mol. The van der Waals surface area contributed by atoms with E-state index in [-0.39, 0.29) is 0 Å². The average Bonchev–Trinajstić information content (AvgIpc) is 2.76. The normalized spacial score (nSPS) is 42.9. The summed E-state index contributed by atoms with van der Waals surface area (Å²) in [6, 6.07) is 0.629. The second-order valence-electron chi connectivity index (χ2n) is 6.28. The first-order chi connectivity index (χ1) is 8.33. The number of carbonyl (C=O) groups excluding carboxylic acids is 1. The molecule has 1 aromatic heterocycles. The summed E-state index contributed by atoms with van der Waals surface area (Å²) in [6.45, 7) is 0. The summed E-state index contributed by atoms with van der Waals surface area (Å²) >= 11 is 0. The van der Waals surface area contributed by atoms with E-state index in [1.807, 2.05) is 12.5 Å². The summed E-state index contributed by atoms with van der Waals surface area (Å²) in [7, 11) is 0. The van der Waals surface area contributed by atoms with Gasteiger partial charge in [-0.3, -0.25) is 4.79 Å². The minimum absolute atomic E-state index is 0.582. The van der Waals surface area contributed by atoms with Gasteiger partial charge in [-0.05, 0) is 55.8 Å². The van der Waals surface area contributed by atoms with E-state index in [2.05, 4.69) is 9.55 Å². The van der Waals surface area contributed by atoms with Gasteiger partial charge in [-0.15, -0.1) is 0 Å². The molecule has 3 heteroatoms. The lowest BCUT2D eigenvalue weighted by Crippen LogP contribution is -2.45. The van der Waals surface area contributed by atoms with Crippen LogP contribution in [0.25, 0.3) is 0 Å². The van der Waals surface area contributed by atoms with Crippen LogP contribution < -0.4 is 0 Å². The van der Waals surface area contributed by atoms with Crippen molar-refractivity contribution in [1.29, 1.82) is 0 Å². The van der Waals surface area contributed by atoms with Crippen LogP contribution >= 0.6 is 0 Å². The van der Waals surface area contributed by atoms with E-state index in [1.54, 1.807) is 0 Å². The Labute approximate surface area is 101 Å². The van der Waals surface area contributed by atoms with Crippen LogP contribution in [0.1, 0.15) is 48.6 Å². The van der Waals surface area contributed by atoms with Gasteiger partial charge in [-0.1, -0.05) is 0 Å². The molecule has 0 amide bonds. The number of aromatic nitrogens is 2. The molecule has 0 radical (unpaired) electrons. The van der Waals surface area contributed by atoms with Crippen molar-refractivity contribution in [2.75, 3.05) is 0 Å². The van der Waals surface area contributed by atoms with E-state index < -0.39 is 0 Å². The highest BCUT2D eigenvalue weighted by Crippen LogP contribution is 2.58. The van der Waals surface area contributed by atoms with E-state index in [0.29, 0.717) is 11.7 Å². The predicted octanol–water partition coefficient (Wildman–Crippen LogP) is 2.69. The molecule has 0 unspecified atom stereocenters. The first-order valence-corrected chi connectivity index (χ1v) is 6.82. The van der Waals surface area contributed by atoms with Gasteiger partial charge in [0.05, 0.1) is 6.33 Å². The Morgan fingerprint density at radius 2 is 1.76 bits per heavy atom. The molecule has 0 aliphatic heterocycles. The Bertz CT molecular complexity index is 423. The van der Waals surface area contributed by atoms with E-state index in [4.69, 9.17) is 0 Å². The number of aldehydes is 1. The Morgan fingerprint density at radius 1 is 1.12 bits per heavy atom. The van der Waals surface area contributed by atoms with Crippen molar-refractivity contribution in [1.82, 2.24) is 9.55 Å². The minimum Gasteiger partial charge on any atom is -0.333 e. The highest BCUT2D eigenvalue weighted by Gasteiger charge is 2.48. The molecular formula is C14H18N2O. The van der Waals surface area contributed by atoms with Gasteiger partial charge in [0.1, 0.15) is 5.69 Å². The zero-order chi connectivity index (χ0) is 11.4. The monoisotopic (exact) mass is 230 g/mol.